The van der Waals surface area contributed by atoms with Crippen LogP contribution in [0.1, 0.15) is 36.5 Å². The quantitative estimate of drug-likeness (QED) is 0.0653. The lowest BCUT2D eigenvalue weighted by Crippen LogP contribution is -2.55. The number of carbonyl (C=O) groups is 4. The number of nitrogens with one attached hydrogen (secondary N) is 5. The lowest BCUT2D eigenvalue weighted by molar-refractivity contribution is -0.140. The predicted octanol–water partition coefficient (Wildman–Crippen LogP) is -0.0877. The van der Waals surface area contributed by atoms with Crippen LogP contribution in [0.15, 0.2) is 54.7 Å². The molecule has 3 aromatic rings. The summed E-state index contributed by atoms with van der Waals surface area (Å²) in [6.45, 7) is 1.57. The summed E-state index contributed by atoms with van der Waals surface area (Å²) in [5.41, 5.74) is 13.3. The molecular weight excluding hydrogens is 578 g/mol. The van der Waals surface area contributed by atoms with Crippen molar-refractivity contribution in [3.63, 3.8) is 0 Å². The number of esters is 1. The van der Waals surface area contributed by atoms with Crippen LogP contribution in [0.3, 0.4) is 0 Å². The smallest absolute Gasteiger partial charge is 0.322 e. The highest BCUT2D eigenvalue weighted by molar-refractivity contribution is 7.90. The largest absolute Gasteiger partial charge is 0.465 e. The maximum absolute atomic E-state index is 13.5. The molecule has 9 N–H and O–H groups in total. The molecule has 0 radical (unpaired) electrons. The van der Waals surface area contributed by atoms with Crippen LogP contribution in [0, 0.1) is 5.41 Å². The Balaban J connectivity index is 1.81. The minimum absolute atomic E-state index is 0.0227. The number of ether oxygens (including phenoxy) is 1. The zero-order valence-corrected chi connectivity index (χ0v) is 24.3. The Morgan fingerprint density at radius 3 is 2.35 bits per heavy atom. The highest BCUT2D eigenvalue weighted by Gasteiger charge is 2.31. The molecule has 230 valence electrons. The molecule has 0 spiro atoms. The van der Waals surface area contributed by atoms with Crippen molar-refractivity contribution in [3.05, 3.63) is 71.4 Å². The monoisotopic (exact) mass is 613 g/mol. The first kappa shape index (κ1) is 32.8. The molecule has 0 aliphatic carbocycles. The molecule has 0 aliphatic heterocycles. The van der Waals surface area contributed by atoms with Gasteiger partial charge >= 0.3 is 5.97 Å². The molecule has 0 saturated heterocycles. The molecule has 3 amide bonds. The van der Waals surface area contributed by atoms with Crippen LogP contribution in [0.4, 0.5) is 0 Å². The van der Waals surface area contributed by atoms with Crippen molar-refractivity contribution < 1.29 is 32.3 Å². The van der Waals surface area contributed by atoms with Crippen molar-refractivity contribution in [2.45, 2.75) is 44.8 Å². The second-order valence-electron chi connectivity index (χ2n) is 9.69. The summed E-state index contributed by atoms with van der Waals surface area (Å²) in [7, 11) is -4.34. The number of hydrogen-bond donors (Lipinski definition) is 7. The van der Waals surface area contributed by atoms with E-state index in [-0.39, 0.29) is 38.2 Å². The summed E-state index contributed by atoms with van der Waals surface area (Å²) in [5, 5.41) is 13.5. The molecule has 0 unspecified atom stereocenters. The molecular formula is C28H35N7O7S. The van der Waals surface area contributed by atoms with Gasteiger partial charge in [0.25, 0.3) is 0 Å². The third-order valence-corrected chi connectivity index (χ3v) is 7.65. The summed E-state index contributed by atoms with van der Waals surface area (Å²) >= 11 is 0. The standard InChI is InChI=1S/C28H35N7O7S/c1-2-42-25(37)16-43(40,41)35-23(13-19-15-32-21-6-4-3-5-20(19)21)28(39)34-22(11-12-24(29)36)27(38)33-14-17-7-9-18(10-8-17)26(30)31/h3-10,15,22-23,32,35H,2,11-14,16H2,1H3,(H2,29,36)(H3,30,31)(H,33,38)(H,34,39)/t22-,23+/m0/s1. The number of nitrogen functional groups attached to an aromatic ring is 1. The molecule has 2 atom stereocenters. The Bertz CT molecular complexity index is 1590. The minimum atomic E-state index is -4.34. The number of aromatic nitrogens is 1. The van der Waals surface area contributed by atoms with Crippen LogP contribution >= 0.6 is 0 Å². The van der Waals surface area contributed by atoms with Crippen molar-refractivity contribution in [3.8, 4) is 0 Å². The van der Waals surface area contributed by atoms with Gasteiger partial charge in [0, 0.05) is 35.6 Å². The fraction of sp³-hybridized carbons (Fsp3) is 0.321. The van der Waals surface area contributed by atoms with Gasteiger partial charge in [-0.25, -0.2) is 13.1 Å². The van der Waals surface area contributed by atoms with Gasteiger partial charge in [-0.3, -0.25) is 24.6 Å². The highest BCUT2D eigenvalue weighted by atomic mass is 32.2. The second kappa shape index (κ2) is 14.9. The number of benzene rings is 2. The SMILES string of the molecule is CCOC(=O)CS(=O)(=O)N[C@H](Cc1c[nH]c2ccccc12)C(=O)N[C@@H](CCC(N)=O)C(=O)NCc1ccc(C(=N)N)cc1. The van der Waals surface area contributed by atoms with Crippen LogP contribution < -0.4 is 26.8 Å². The van der Waals surface area contributed by atoms with E-state index < -0.39 is 51.6 Å². The summed E-state index contributed by atoms with van der Waals surface area (Å²) < 4.78 is 32.6. The number of rotatable bonds is 16. The van der Waals surface area contributed by atoms with E-state index >= 15 is 0 Å². The van der Waals surface area contributed by atoms with Gasteiger partial charge in [-0.05, 0) is 37.0 Å². The van der Waals surface area contributed by atoms with Crippen LogP contribution in [0.25, 0.3) is 10.9 Å². The van der Waals surface area contributed by atoms with Crippen LogP contribution in [-0.2, 0) is 46.9 Å². The van der Waals surface area contributed by atoms with E-state index in [1.54, 1.807) is 42.6 Å². The molecule has 43 heavy (non-hydrogen) atoms. The Kier molecular flexibility index (Phi) is 11.4. The maximum atomic E-state index is 13.5. The average molecular weight is 614 g/mol. The fourth-order valence-electron chi connectivity index (χ4n) is 4.27. The summed E-state index contributed by atoms with van der Waals surface area (Å²) in [6.07, 6.45) is 1.14. The Morgan fingerprint density at radius 1 is 1.00 bits per heavy atom. The summed E-state index contributed by atoms with van der Waals surface area (Å²) in [4.78, 5) is 53.1. The number of amides is 3. The van der Waals surface area contributed by atoms with Gasteiger partial charge in [-0.2, -0.15) is 0 Å². The van der Waals surface area contributed by atoms with Crippen molar-refractivity contribution in [2.75, 3.05) is 12.4 Å². The molecule has 1 aromatic heterocycles. The number of H-pyrrole nitrogens is 1. The minimum Gasteiger partial charge on any atom is -0.465 e. The Morgan fingerprint density at radius 2 is 1.70 bits per heavy atom. The first-order valence-corrected chi connectivity index (χ1v) is 15.0. The van der Waals surface area contributed by atoms with Gasteiger partial charge in [0.05, 0.1) is 6.61 Å². The van der Waals surface area contributed by atoms with Gasteiger partial charge < -0.3 is 31.8 Å². The number of primary amides is 1. The first-order valence-electron chi connectivity index (χ1n) is 13.4. The number of nitrogens with two attached hydrogens (primary N) is 2. The molecule has 0 aliphatic rings. The van der Waals surface area contributed by atoms with E-state index in [9.17, 15) is 27.6 Å². The Hall–Kier alpha value is -4.76. The molecule has 0 fully saturated rings. The normalized spacial score (nSPS) is 12.7. The number of aromatic amines is 1. The number of sulfonamides is 1. The van der Waals surface area contributed by atoms with E-state index in [1.807, 2.05) is 12.1 Å². The first-order chi connectivity index (χ1) is 20.4. The molecule has 2 aromatic carbocycles. The van der Waals surface area contributed by atoms with Gasteiger partial charge in [-0.1, -0.05) is 42.5 Å². The highest BCUT2D eigenvalue weighted by Crippen LogP contribution is 2.19. The second-order valence-corrected chi connectivity index (χ2v) is 11.4. The van der Waals surface area contributed by atoms with Crippen LogP contribution in [-0.4, -0.2) is 67.4 Å². The zero-order valence-electron chi connectivity index (χ0n) is 23.5. The summed E-state index contributed by atoms with van der Waals surface area (Å²) in [6, 6.07) is 11.1. The van der Waals surface area contributed by atoms with E-state index in [4.69, 9.17) is 21.6 Å². The fourth-order valence-corrected chi connectivity index (χ4v) is 5.37. The molecule has 1 heterocycles. The third-order valence-electron chi connectivity index (χ3n) is 6.39. The van der Waals surface area contributed by atoms with Crippen molar-refractivity contribution in [2.24, 2.45) is 11.5 Å². The molecule has 0 bridgehead atoms. The van der Waals surface area contributed by atoms with Crippen molar-refractivity contribution >= 4 is 50.5 Å². The molecule has 0 saturated carbocycles. The van der Waals surface area contributed by atoms with E-state index in [1.165, 1.54) is 6.92 Å². The van der Waals surface area contributed by atoms with Crippen LogP contribution in [0.2, 0.25) is 0 Å². The zero-order chi connectivity index (χ0) is 31.6. The number of para-hydroxylation sites is 1. The average Bonchev–Trinajstić information content (AvgIpc) is 3.36. The maximum Gasteiger partial charge on any atom is 0.322 e. The van der Waals surface area contributed by atoms with Crippen molar-refractivity contribution in [1.29, 1.82) is 5.41 Å². The number of carbonyl (C=O) groups excluding carboxylic acids is 4. The predicted molar refractivity (Wildman–Crippen MR) is 159 cm³/mol. The number of amidine groups is 1. The van der Waals surface area contributed by atoms with Gasteiger partial charge in [0.2, 0.25) is 27.7 Å². The van der Waals surface area contributed by atoms with Gasteiger partial charge in [0.15, 0.2) is 5.75 Å². The number of hydrogen-bond acceptors (Lipinski definition) is 8. The third kappa shape index (κ3) is 9.93. The molecule has 14 nitrogen and oxygen atoms in total. The van der Waals surface area contributed by atoms with Gasteiger partial charge in [0.1, 0.15) is 17.9 Å². The lowest BCUT2D eigenvalue weighted by Gasteiger charge is -2.23. The Labute approximate surface area is 248 Å². The summed E-state index contributed by atoms with van der Waals surface area (Å²) in [5.74, 6) is -4.29. The number of fused-ring (bicyclic) bond motifs is 1. The van der Waals surface area contributed by atoms with Crippen LogP contribution in [0.5, 0.6) is 0 Å². The van der Waals surface area contributed by atoms with E-state index in [0.717, 1.165) is 10.9 Å². The van der Waals surface area contributed by atoms with E-state index in [2.05, 4.69) is 20.3 Å². The van der Waals surface area contributed by atoms with Gasteiger partial charge in [-0.15, -0.1) is 0 Å². The molecule has 3 rings (SSSR count). The van der Waals surface area contributed by atoms with Crippen molar-refractivity contribution in [1.82, 2.24) is 20.3 Å². The lowest BCUT2D eigenvalue weighted by atomic mass is 10.0. The molecule has 15 heteroatoms. The topological polar surface area (TPSA) is 239 Å². The van der Waals surface area contributed by atoms with E-state index in [0.29, 0.717) is 16.7 Å².